The molecule has 0 aromatic carbocycles. The van der Waals surface area contributed by atoms with Crippen LogP contribution in [0.25, 0.3) is 0 Å². The van der Waals surface area contributed by atoms with Crippen LogP contribution in [-0.2, 0) is 19.5 Å². The monoisotopic (exact) mass is 507 g/mol. The summed E-state index contributed by atoms with van der Waals surface area (Å²) in [5.41, 5.74) is 1.38. The van der Waals surface area contributed by atoms with Gasteiger partial charge in [0.15, 0.2) is 12.4 Å². The molecule has 0 bridgehead atoms. The van der Waals surface area contributed by atoms with Crippen LogP contribution in [0.2, 0.25) is 0 Å². The van der Waals surface area contributed by atoms with E-state index in [1.54, 1.807) is 16.7 Å². The van der Waals surface area contributed by atoms with E-state index in [0.717, 1.165) is 75.7 Å². The second-order valence-electron chi connectivity index (χ2n) is 10.0. The van der Waals surface area contributed by atoms with Crippen molar-refractivity contribution in [1.82, 2.24) is 14.5 Å². The van der Waals surface area contributed by atoms with Crippen LogP contribution < -0.4 is 10.3 Å². The predicted molar refractivity (Wildman–Crippen MR) is 133 cm³/mol. The molecule has 4 rings (SSSR count). The van der Waals surface area contributed by atoms with Crippen LogP contribution in [0.5, 0.6) is 5.19 Å². The fourth-order valence-electron chi connectivity index (χ4n) is 5.22. The highest BCUT2D eigenvalue weighted by Crippen LogP contribution is 2.35. The van der Waals surface area contributed by atoms with Crippen LogP contribution in [0, 0.1) is 11.8 Å². The van der Waals surface area contributed by atoms with Crippen molar-refractivity contribution in [1.29, 1.82) is 0 Å². The SMILES string of the molecule is CCn1c(C(=O)CC2CCC(CCN3CCc4sc(OCC(C)(F)F)nc4C3)CC2)cccc1=O. The summed E-state index contributed by atoms with van der Waals surface area (Å²) >= 11 is 1.39. The number of halogens is 2. The number of pyridine rings is 1. The molecule has 1 saturated carbocycles. The Morgan fingerprint density at radius 1 is 1.23 bits per heavy atom. The highest BCUT2D eigenvalue weighted by Gasteiger charge is 2.27. The average Bonchev–Trinajstić information content (AvgIpc) is 3.24. The number of hydrogen-bond acceptors (Lipinski definition) is 6. The molecule has 2 aromatic heterocycles. The normalized spacial score (nSPS) is 21.0. The fourth-order valence-corrected chi connectivity index (χ4v) is 6.12. The summed E-state index contributed by atoms with van der Waals surface area (Å²) in [6, 6.07) is 4.94. The smallest absolute Gasteiger partial charge is 0.278 e. The zero-order valence-electron chi connectivity index (χ0n) is 20.6. The van der Waals surface area contributed by atoms with E-state index >= 15 is 0 Å². The van der Waals surface area contributed by atoms with Gasteiger partial charge in [0.25, 0.3) is 16.7 Å². The van der Waals surface area contributed by atoms with E-state index in [-0.39, 0.29) is 11.3 Å². The number of alkyl halides is 2. The van der Waals surface area contributed by atoms with Gasteiger partial charge in [-0.25, -0.2) is 13.8 Å². The van der Waals surface area contributed by atoms with Crippen LogP contribution >= 0.6 is 11.3 Å². The van der Waals surface area contributed by atoms with Crippen LogP contribution in [0.15, 0.2) is 23.0 Å². The number of hydrogen-bond donors (Lipinski definition) is 0. The Morgan fingerprint density at radius 3 is 2.69 bits per heavy atom. The van der Waals surface area contributed by atoms with E-state index in [0.29, 0.717) is 35.7 Å². The van der Waals surface area contributed by atoms with Gasteiger partial charge in [0.2, 0.25) is 0 Å². The van der Waals surface area contributed by atoms with Gasteiger partial charge in [0.05, 0.1) is 11.4 Å². The first-order valence-electron chi connectivity index (χ1n) is 12.7. The first-order chi connectivity index (χ1) is 16.7. The Kier molecular flexibility index (Phi) is 8.37. The summed E-state index contributed by atoms with van der Waals surface area (Å²) in [5.74, 6) is -1.73. The summed E-state index contributed by atoms with van der Waals surface area (Å²) in [7, 11) is 0. The van der Waals surface area contributed by atoms with Crippen molar-refractivity contribution in [2.45, 2.75) is 77.8 Å². The number of nitrogens with zero attached hydrogens (tertiary/aromatic N) is 3. The summed E-state index contributed by atoms with van der Waals surface area (Å²) in [4.78, 5) is 32.8. The van der Waals surface area contributed by atoms with Gasteiger partial charge in [-0.2, -0.15) is 0 Å². The van der Waals surface area contributed by atoms with Crippen molar-refractivity contribution in [2.24, 2.45) is 11.8 Å². The zero-order valence-corrected chi connectivity index (χ0v) is 21.4. The second-order valence-corrected chi connectivity index (χ2v) is 11.1. The standard InChI is InChI=1S/C26H35F2N3O3S/c1-3-31-21(5-4-6-24(31)33)22(32)15-19-9-7-18(8-10-19)11-13-30-14-12-23-20(16-30)29-25(35-23)34-17-26(2,27)28/h4-6,18-19H,3,7-17H2,1-2H3. The van der Waals surface area contributed by atoms with Crippen molar-refractivity contribution < 1.29 is 18.3 Å². The van der Waals surface area contributed by atoms with Crippen molar-refractivity contribution in [3.63, 3.8) is 0 Å². The van der Waals surface area contributed by atoms with Crippen LogP contribution in [-0.4, -0.2) is 45.9 Å². The van der Waals surface area contributed by atoms with E-state index in [4.69, 9.17) is 4.74 Å². The Hall–Kier alpha value is -2.13. The van der Waals surface area contributed by atoms with Crippen molar-refractivity contribution in [2.75, 3.05) is 19.7 Å². The van der Waals surface area contributed by atoms with Crippen molar-refractivity contribution in [3.8, 4) is 5.19 Å². The Labute approximate surface area is 209 Å². The Morgan fingerprint density at radius 2 is 1.97 bits per heavy atom. The average molecular weight is 508 g/mol. The summed E-state index contributed by atoms with van der Waals surface area (Å²) in [5, 5.41) is 0.345. The molecule has 0 saturated heterocycles. The van der Waals surface area contributed by atoms with Gasteiger partial charge in [-0.15, -0.1) is 0 Å². The first-order valence-corrected chi connectivity index (χ1v) is 13.5. The number of thiazole rings is 1. The zero-order chi connectivity index (χ0) is 25.0. The van der Waals surface area contributed by atoms with Gasteiger partial charge in [-0.1, -0.05) is 30.2 Å². The maximum absolute atomic E-state index is 13.1. The van der Waals surface area contributed by atoms with Crippen LogP contribution in [0.3, 0.4) is 0 Å². The van der Waals surface area contributed by atoms with Crippen LogP contribution in [0.4, 0.5) is 8.78 Å². The number of ether oxygens (including phenoxy) is 1. The third kappa shape index (κ3) is 6.97. The lowest BCUT2D eigenvalue weighted by molar-refractivity contribution is -0.0230. The molecule has 1 aliphatic heterocycles. The van der Waals surface area contributed by atoms with Gasteiger partial charge in [0.1, 0.15) is 0 Å². The van der Waals surface area contributed by atoms with E-state index in [9.17, 15) is 18.4 Å². The fraction of sp³-hybridized carbons (Fsp3) is 0.654. The molecule has 0 N–H and O–H groups in total. The minimum absolute atomic E-state index is 0.0754. The molecule has 0 spiro atoms. The number of carbonyl (C=O) groups is 1. The van der Waals surface area contributed by atoms with E-state index in [2.05, 4.69) is 9.88 Å². The van der Waals surface area contributed by atoms with E-state index in [1.807, 2.05) is 6.92 Å². The largest absolute Gasteiger partial charge is 0.464 e. The topological polar surface area (TPSA) is 64.4 Å². The first kappa shape index (κ1) is 25.9. The van der Waals surface area contributed by atoms with Gasteiger partial charge in [0, 0.05) is 43.9 Å². The van der Waals surface area contributed by atoms with E-state index < -0.39 is 12.5 Å². The maximum atomic E-state index is 13.1. The number of aromatic nitrogens is 2. The molecule has 3 heterocycles. The molecular weight excluding hydrogens is 472 g/mol. The molecule has 0 amide bonds. The van der Waals surface area contributed by atoms with Crippen molar-refractivity contribution in [3.05, 3.63) is 44.8 Å². The predicted octanol–water partition coefficient (Wildman–Crippen LogP) is 5.19. The molecule has 0 unspecified atom stereocenters. The molecule has 9 heteroatoms. The molecule has 192 valence electrons. The van der Waals surface area contributed by atoms with E-state index in [1.165, 1.54) is 17.4 Å². The minimum atomic E-state index is -2.86. The molecule has 6 nitrogen and oxygen atoms in total. The second kappa shape index (κ2) is 11.3. The van der Waals surface area contributed by atoms with Crippen LogP contribution in [0.1, 0.15) is 73.4 Å². The minimum Gasteiger partial charge on any atom is -0.464 e. The van der Waals surface area contributed by atoms with Gasteiger partial charge in [-0.3, -0.25) is 14.5 Å². The lowest BCUT2D eigenvalue weighted by Gasteiger charge is -2.31. The van der Waals surface area contributed by atoms with Gasteiger partial charge >= 0.3 is 0 Å². The molecule has 0 radical (unpaired) electrons. The lowest BCUT2D eigenvalue weighted by atomic mass is 9.78. The number of ketones is 1. The number of carbonyl (C=O) groups excluding carboxylic acids is 1. The quantitative estimate of drug-likeness (QED) is 0.415. The Bertz CT molecular complexity index is 1070. The molecule has 2 aromatic rings. The molecule has 0 atom stereocenters. The summed E-state index contributed by atoms with van der Waals surface area (Å²) in [6.07, 6.45) is 6.90. The number of Topliss-reactive ketones (excluding diaryl/α,β-unsaturated/α-hetero) is 1. The lowest BCUT2D eigenvalue weighted by Crippen LogP contribution is -2.32. The van der Waals surface area contributed by atoms with Gasteiger partial charge < -0.3 is 9.30 Å². The number of rotatable bonds is 10. The molecular formula is C26H35F2N3O3S. The van der Waals surface area contributed by atoms with Crippen molar-refractivity contribution >= 4 is 17.1 Å². The summed E-state index contributed by atoms with van der Waals surface area (Å²) in [6.45, 7) is 5.32. The third-order valence-corrected chi connectivity index (χ3v) is 8.25. The highest BCUT2D eigenvalue weighted by molar-refractivity contribution is 7.13. The molecule has 35 heavy (non-hydrogen) atoms. The molecule has 1 fully saturated rings. The maximum Gasteiger partial charge on any atom is 0.278 e. The third-order valence-electron chi connectivity index (χ3n) is 7.18. The molecule has 2 aliphatic rings. The summed E-state index contributed by atoms with van der Waals surface area (Å²) < 4.78 is 32.9. The van der Waals surface area contributed by atoms with Gasteiger partial charge in [-0.05, 0) is 57.1 Å². The Balaban J connectivity index is 1.20. The molecule has 1 aliphatic carbocycles. The number of fused-ring (bicyclic) bond motifs is 1. The highest BCUT2D eigenvalue weighted by atomic mass is 32.1.